The predicted molar refractivity (Wildman–Crippen MR) is 61.1 cm³/mol. The molecule has 0 amide bonds. The highest BCUT2D eigenvalue weighted by molar-refractivity contribution is 7.03. The van der Waals surface area contributed by atoms with Gasteiger partial charge in [-0.25, -0.2) is 4.68 Å². The van der Waals surface area contributed by atoms with Gasteiger partial charge in [-0.2, -0.15) is 0 Å². The molecule has 2 aromatic heterocycles. The molecule has 2 heterocycles. The van der Waals surface area contributed by atoms with E-state index in [4.69, 9.17) is 0 Å². The van der Waals surface area contributed by atoms with Crippen LogP contribution in [-0.4, -0.2) is 31.6 Å². The molecule has 6 nitrogen and oxygen atoms in total. The largest absolute Gasteiger partial charge is 0.307 e. The van der Waals surface area contributed by atoms with E-state index in [9.17, 15) is 0 Å². The average molecular weight is 238 g/mol. The van der Waals surface area contributed by atoms with Crippen molar-refractivity contribution >= 4 is 11.5 Å². The lowest BCUT2D eigenvalue weighted by molar-refractivity contribution is 0.518. The van der Waals surface area contributed by atoms with E-state index in [0.717, 1.165) is 24.4 Å². The van der Waals surface area contributed by atoms with Gasteiger partial charge in [-0.15, -0.1) is 10.2 Å². The zero-order valence-corrected chi connectivity index (χ0v) is 10.1. The first-order chi connectivity index (χ1) is 7.86. The van der Waals surface area contributed by atoms with Crippen molar-refractivity contribution < 1.29 is 0 Å². The van der Waals surface area contributed by atoms with Gasteiger partial charge in [0.05, 0.1) is 23.6 Å². The van der Waals surface area contributed by atoms with Crippen molar-refractivity contribution in [1.29, 1.82) is 0 Å². The molecular formula is C9H14N6S. The topological polar surface area (TPSA) is 68.5 Å². The number of aromatic nitrogens is 5. The number of hydrogen-bond acceptors (Lipinski definition) is 6. The van der Waals surface area contributed by atoms with Gasteiger partial charge < -0.3 is 5.32 Å². The summed E-state index contributed by atoms with van der Waals surface area (Å²) in [6.45, 7) is 2.98. The quantitative estimate of drug-likeness (QED) is 0.836. The third kappa shape index (κ3) is 2.10. The summed E-state index contributed by atoms with van der Waals surface area (Å²) in [5.74, 6) is 0. The summed E-state index contributed by atoms with van der Waals surface area (Å²) in [5.41, 5.74) is 1.93. The fourth-order valence-electron chi connectivity index (χ4n) is 1.62. The first-order valence-electron chi connectivity index (χ1n) is 5.19. The lowest BCUT2D eigenvalue weighted by atomic mass is 10.1. The Kier molecular flexibility index (Phi) is 3.58. The van der Waals surface area contributed by atoms with Crippen LogP contribution in [0.2, 0.25) is 0 Å². The molecule has 1 atom stereocenters. The number of nitrogens with one attached hydrogen (secondary N) is 1. The molecule has 0 saturated heterocycles. The minimum Gasteiger partial charge on any atom is -0.307 e. The van der Waals surface area contributed by atoms with Gasteiger partial charge in [0.25, 0.3) is 0 Å². The Bertz CT molecular complexity index is 423. The van der Waals surface area contributed by atoms with Crippen molar-refractivity contribution in [2.75, 3.05) is 7.05 Å². The first kappa shape index (κ1) is 11.2. The molecule has 0 saturated carbocycles. The Hall–Kier alpha value is -1.34. The monoisotopic (exact) mass is 238 g/mol. The van der Waals surface area contributed by atoms with Crippen molar-refractivity contribution in [2.24, 2.45) is 0 Å². The Morgan fingerprint density at radius 1 is 1.56 bits per heavy atom. The van der Waals surface area contributed by atoms with Crippen LogP contribution in [0.4, 0.5) is 0 Å². The Labute approximate surface area is 97.8 Å². The third-order valence-corrected chi connectivity index (χ3v) is 2.86. The fraction of sp³-hybridized carbons (Fsp3) is 0.556. The molecule has 7 heteroatoms. The Morgan fingerprint density at radius 2 is 2.44 bits per heavy atom. The highest BCUT2D eigenvalue weighted by Crippen LogP contribution is 2.19. The van der Waals surface area contributed by atoms with Crippen molar-refractivity contribution in [3.05, 3.63) is 23.0 Å². The lowest BCUT2D eigenvalue weighted by Gasteiger charge is -2.14. The van der Waals surface area contributed by atoms with E-state index in [1.807, 2.05) is 17.1 Å². The van der Waals surface area contributed by atoms with Crippen LogP contribution in [0.1, 0.15) is 30.8 Å². The molecule has 1 unspecified atom stereocenters. The maximum Gasteiger partial charge on any atom is 0.0986 e. The second kappa shape index (κ2) is 5.13. The smallest absolute Gasteiger partial charge is 0.0986 e. The third-order valence-electron chi connectivity index (χ3n) is 2.34. The van der Waals surface area contributed by atoms with Crippen LogP contribution in [0.15, 0.2) is 11.6 Å². The normalized spacial score (nSPS) is 12.9. The lowest BCUT2D eigenvalue weighted by Crippen LogP contribution is -2.22. The molecule has 0 aliphatic rings. The van der Waals surface area contributed by atoms with Gasteiger partial charge in [0.15, 0.2) is 0 Å². The summed E-state index contributed by atoms with van der Waals surface area (Å²) in [4.78, 5) is 0. The maximum absolute atomic E-state index is 4.08. The minimum atomic E-state index is 0.0142. The second-order valence-corrected chi connectivity index (χ2v) is 4.04. The molecule has 0 radical (unpaired) electrons. The summed E-state index contributed by atoms with van der Waals surface area (Å²) >= 11 is 1.35. The molecule has 0 aromatic carbocycles. The van der Waals surface area contributed by atoms with Gasteiger partial charge in [-0.05, 0) is 25.0 Å². The molecule has 0 aliphatic heterocycles. The number of nitrogens with zero attached hydrogens (tertiary/aromatic N) is 5. The van der Waals surface area contributed by atoms with Gasteiger partial charge in [0.1, 0.15) is 0 Å². The van der Waals surface area contributed by atoms with Gasteiger partial charge in [0, 0.05) is 11.9 Å². The van der Waals surface area contributed by atoms with E-state index in [2.05, 4.69) is 32.1 Å². The minimum absolute atomic E-state index is 0.0142. The molecule has 0 fully saturated rings. The SMILES string of the molecule is CCCn1nncc1C(NC)c1csnn1. The summed E-state index contributed by atoms with van der Waals surface area (Å²) < 4.78 is 5.78. The summed E-state index contributed by atoms with van der Waals surface area (Å²) in [5, 5.41) is 17.2. The van der Waals surface area contributed by atoms with E-state index in [1.165, 1.54) is 11.5 Å². The van der Waals surface area contributed by atoms with Crippen molar-refractivity contribution in [1.82, 2.24) is 29.9 Å². The Morgan fingerprint density at radius 3 is 3.06 bits per heavy atom. The van der Waals surface area contributed by atoms with Crippen LogP contribution in [0, 0.1) is 0 Å². The predicted octanol–water partition coefficient (Wildman–Crippen LogP) is 0.848. The van der Waals surface area contributed by atoms with Crippen LogP contribution in [0.25, 0.3) is 0 Å². The molecule has 16 heavy (non-hydrogen) atoms. The molecule has 0 spiro atoms. The number of rotatable bonds is 5. The summed E-state index contributed by atoms with van der Waals surface area (Å²) in [7, 11) is 1.90. The van der Waals surface area contributed by atoms with Gasteiger partial charge in [0.2, 0.25) is 0 Å². The standard InChI is InChI=1S/C9H14N6S/c1-3-4-15-8(5-11-13-15)9(10-2)7-6-16-14-12-7/h5-6,9-10H,3-4H2,1-2H3. The van der Waals surface area contributed by atoms with Crippen LogP contribution in [0.5, 0.6) is 0 Å². The molecule has 2 aromatic rings. The summed E-state index contributed by atoms with van der Waals surface area (Å²) in [6, 6.07) is 0.0142. The average Bonchev–Trinajstić information content (AvgIpc) is 2.92. The van der Waals surface area contributed by atoms with E-state index < -0.39 is 0 Å². The fourth-order valence-corrected chi connectivity index (χ4v) is 2.10. The van der Waals surface area contributed by atoms with Crippen molar-refractivity contribution in [3.63, 3.8) is 0 Å². The van der Waals surface area contributed by atoms with Crippen LogP contribution in [0.3, 0.4) is 0 Å². The molecule has 2 rings (SSSR count). The Balaban J connectivity index is 2.30. The highest BCUT2D eigenvalue weighted by atomic mass is 32.1. The molecule has 0 aliphatic carbocycles. The zero-order chi connectivity index (χ0) is 11.4. The molecule has 1 N–H and O–H groups in total. The van der Waals surface area contributed by atoms with E-state index in [1.54, 1.807) is 6.20 Å². The van der Waals surface area contributed by atoms with Crippen LogP contribution in [-0.2, 0) is 6.54 Å². The summed E-state index contributed by atoms with van der Waals surface area (Å²) in [6.07, 6.45) is 2.80. The van der Waals surface area contributed by atoms with Crippen LogP contribution < -0.4 is 5.32 Å². The first-order valence-corrected chi connectivity index (χ1v) is 6.03. The van der Waals surface area contributed by atoms with E-state index >= 15 is 0 Å². The van der Waals surface area contributed by atoms with E-state index in [-0.39, 0.29) is 6.04 Å². The van der Waals surface area contributed by atoms with Gasteiger partial charge in [-0.1, -0.05) is 16.6 Å². The van der Waals surface area contributed by atoms with Gasteiger partial charge >= 0.3 is 0 Å². The maximum atomic E-state index is 4.08. The molecule has 86 valence electrons. The van der Waals surface area contributed by atoms with Gasteiger partial charge in [-0.3, -0.25) is 0 Å². The second-order valence-electron chi connectivity index (χ2n) is 3.43. The van der Waals surface area contributed by atoms with Crippen LogP contribution >= 0.6 is 11.5 Å². The van der Waals surface area contributed by atoms with Crippen molar-refractivity contribution in [3.8, 4) is 0 Å². The van der Waals surface area contributed by atoms with Crippen molar-refractivity contribution in [2.45, 2.75) is 25.9 Å². The molecule has 0 bridgehead atoms. The van der Waals surface area contributed by atoms with E-state index in [0.29, 0.717) is 0 Å². The number of aryl methyl sites for hydroxylation is 1. The number of hydrogen-bond donors (Lipinski definition) is 1. The highest BCUT2D eigenvalue weighted by Gasteiger charge is 2.19. The zero-order valence-electron chi connectivity index (χ0n) is 9.29. The molecular weight excluding hydrogens is 224 g/mol.